The van der Waals surface area contributed by atoms with Crippen LogP contribution in [0.5, 0.6) is 0 Å². The fourth-order valence-corrected chi connectivity index (χ4v) is 0. The van der Waals surface area contributed by atoms with Crippen molar-refractivity contribution in [1.82, 2.24) is 0 Å². The van der Waals surface area contributed by atoms with Crippen molar-refractivity contribution in [2.45, 2.75) is 0 Å². The summed E-state index contributed by atoms with van der Waals surface area (Å²) in [5, 5.41) is 0. The van der Waals surface area contributed by atoms with Gasteiger partial charge in [-0.15, -0.1) is 0 Å². The molecule has 0 N–H and O–H groups in total. The summed E-state index contributed by atoms with van der Waals surface area (Å²) in [4.78, 5) is 0. The Labute approximate surface area is 156 Å². The monoisotopic (exact) mass is 700 g/mol. The molecule has 0 spiro atoms. The molecule has 0 aromatic carbocycles. The minimum absolute atomic E-state index is 0. The summed E-state index contributed by atoms with van der Waals surface area (Å²) in [6.45, 7) is 0. The molecule has 0 fully saturated rings. The van der Waals surface area contributed by atoms with Gasteiger partial charge >= 0.3 is 156 Å². The summed E-state index contributed by atoms with van der Waals surface area (Å²) in [5.74, 6) is 0. The van der Waals surface area contributed by atoms with Gasteiger partial charge in [0.25, 0.3) is 0 Å². The fourth-order valence-electron chi connectivity index (χ4n) is 0. The van der Waals surface area contributed by atoms with Gasteiger partial charge in [-0.3, -0.25) is 0 Å². The summed E-state index contributed by atoms with van der Waals surface area (Å²) in [6, 6.07) is 0. The first-order valence-electron chi connectivity index (χ1n) is 4.06. The maximum atomic E-state index is 9.87. The molecule has 0 rings (SSSR count). The summed E-state index contributed by atoms with van der Waals surface area (Å²) >= 11 is 0. The van der Waals surface area contributed by atoms with Gasteiger partial charge in [-0.05, 0) is 0 Å². The van der Waals surface area contributed by atoms with Crippen molar-refractivity contribution < 1.29 is 101 Å². The van der Waals surface area contributed by atoms with E-state index in [0.29, 0.717) is 0 Å². The van der Waals surface area contributed by atoms with E-state index < -0.39 is 31.2 Å². The Morgan fingerprint density at radius 2 is 0.172 bits per heavy atom. The maximum absolute atomic E-state index is 10.7. The molecule has 0 saturated carbocycles. The Kier molecular flexibility index (Phi) is 8.38. The quantitative estimate of drug-likeness (QED) is 0.134. The Hall–Kier alpha value is 0.839. The molecule has 0 radical (unpaired) electrons. The van der Waals surface area contributed by atoms with E-state index in [4.69, 9.17) is 0 Å². The van der Waals surface area contributed by atoms with E-state index in [-0.39, 0.29) is 23.9 Å². The maximum Gasteiger partial charge on any atom is 4.00 e. The number of halogens is 24. The third-order valence-corrected chi connectivity index (χ3v) is 0. The number of hydrogen-bond donors (Lipinski definition) is 0. The SMILES string of the molecule is F[P-](F)(F)(F)(F)F.F[P-](F)(F)(F)(F)F.F[P-](F)(F)(F)(F)F.F[P-](F)(F)(F)(F)F.[Sn+4]. The number of rotatable bonds is 0. The second kappa shape index (κ2) is 6.04. The zero-order chi connectivity index (χ0) is 25.6. The van der Waals surface area contributed by atoms with Crippen LogP contribution in [0.1, 0.15) is 0 Å². The molecule has 0 unspecified atom stereocenters. The van der Waals surface area contributed by atoms with Crippen LogP contribution in [0.25, 0.3) is 0 Å². The summed E-state index contributed by atoms with van der Waals surface area (Å²) < 4.78 is 237. The molecule has 0 heterocycles. The van der Waals surface area contributed by atoms with Crippen LogP contribution in [-0.2, 0) is 0 Å². The van der Waals surface area contributed by atoms with E-state index in [9.17, 15) is 101 Å². The predicted octanol–water partition coefficient (Wildman–Crippen LogP) is 13.1. The largest absolute Gasteiger partial charge is 4.00 e. The van der Waals surface area contributed by atoms with E-state index in [1.54, 1.807) is 0 Å². The fraction of sp³-hybridized carbons (Fsp3) is 0. The molecular formula is F24P4Sn. The van der Waals surface area contributed by atoms with Crippen molar-refractivity contribution in [3.63, 3.8) is 0 Å². The Balaban J connectivity index is -0.0000000873. The average Bonchev–Trinajstić information content (AvgIpc) is 1.39. The third kappa shape index (κ3) is 29500. The van der Waals surface area contributed by atoms with Gasteiger partial charge in [0.05, 0.1) is 0 Å². The molecule has 192 valence electrons. The van der Waals surface area contributed by atoms with Gasteiger partial charge < -0.3 is 0 Å². The Morgan fingerprint density at radius 3 is 0.172 bits per heavy atom. The topological polar surface area (TPSA) is 0 Å². The summed E-state index contributed by atoms with van der Waals surface area (Å²) in [7, 11) is -42.6. The molecule has 29 heavy (non-hydrogen) atoms. The van der Waals surface area contributed by atoms with Gasteiger partial charge in [-0.25, -0.2) is 0 Å². The van der Waals surface area contributed by atoms with Gasteiger partial charge in [0.15, 0.2) is 0 Å². The zero-order valence-corrected chi connectivity index (χ0v) is 17.8. The molecule has 29 heteroatoms. The summed E-state index contributed by atoms with van der Waals surface area (Å²) in [5.41, 5.74) is 0. The molecule has 0 aliphatic heterocycles. The molecule has 0 aromatic rings. The first-order valence-corrected chi connectivity index (χ1v) is 12.2. The molecule has 0 aliphatic carbocycles. The van der Waals surface area contributed by atoms with E-state index in [1.165, 1.54) is 0 Å². The molecule has 0 aromatic heterocycles. The smallest absolute Gasteiger partial charge is 4.00 e. The van der Waals surface area contributed by atoms with Crippen molar-refractivity contribution >= 4 is 55.1 Å². The molecule has 0 atom stereocenters. The van der Waals surface area contributed by atoms with Crippen LogP contribution in [-0.4, -0.2) is 23.9 Å². The molecule has 0 aliphatic rings. The van der Waals surface area contributed by atoms with Gasteiger partial charge in [-0.2, -0.15) is 0 Å². The molecule has 0 bridgehead atoms. The van der Waals surface area contributed by atoms with Crippen molar-refractivity contribution in [2.24, 2.45) is 0 Å². The Bertz CT molecular complexity index is 377. The molecule has 0 saturated heterocycles. The standard InChI is InChI=1S/4F6P.Sn/c4*1-7(2,3,4,5)6;/q4*-1;+4. The minimum atomic E-state index is -10.7. The van der Waals surface area contributed by atoms with Crippen LogP contribution in [0.2, 0.25) is 0 Å². The van der Waals surface area contributed by atoms with Crippen molar-refractivity contribution in [1.29, 1.82) is 0 Å². The minimum Gasteiger partial charge on any atom is 4.00 e. The second-order valence-corrected chi connectivity index (χ2v) is 11.5. The van der Waals surface area contributed by atoms with Crippen LogP contribution in [0, 0.1) is 0 Å². The second-order valence-electron chi connectivity index (χ2n) is 3.83. The Morgan fingerprint density at radius 1 is 0.172 bits per heavy atom. The van der Waals surface area contributed by atoms with Crippen LogP contribution >= 0.6 is 31.2 Å². The van der Waals surface area contributed by atoms with Gasteiger partial charge in [-0.1, -0.05) is 0 Å². The summed E-state index contributed by atoms with van der Waals surface area (Å²) in [6.07, 6.45) is 0. The molecule has 0 amide bonds. The van der Waals surface area contributed by atoms with Gasteiger partial charge in [0.1, 0.15) is 0 Å². The van der Waals surface area contributed by atoms with E-state index in [1.807, 2.05) is 0 Å². The average molecular weight is 699 g/mol. The van der Waals surface area contributed by atoms with E-state index in [0.717, 1.165) is 0 Å². The van der Waals surface area contributed by atoms with Crippen LogP contribution in [0.4, 0.5) is 101 Å². The van der Waals surface area contributed by atoms with Crippen LogP contribution in [0.3, 0.4) is 0 Å². The normalized spacial score (nSPS) is 22.3. The van der Waals surface area contributed by atoms with Crippen molar-refractivity contribution in [3.05, 3.63) is 0 Å². The molecular weight excluding hydrogens is 699 g/mol. The van der Waals surface area contributed by atoms with Crippen LogP contribution in [0.15, 0.2) is 0 Å². The van der Waals surface area contributed by atoms with Gasteiger partial charge in [0, 0.05) is 0 Å². The number of hydrogen-bond acceptors (Lipinski definition) is 0. The van der Waals surface area contributed by atoms with Gasteiger partial charge in [0.2, 0.25) is 0 Å². The predicted molar refractivity (Wildman–Crippen MR) is 60.0 cm³/mol. The first kappa shape index (κ1) is 40.2. The van der Waals surface area contributed by atoms with Crippen molar-refractivity contribution in [2.75, 3.05) is 0 Å². The first-order chi connectivity index (χ1) is 9.80. The zero-order valence-electron chi connectivity index (χ0n) is 11.4. The third-order valence-electron chi connectivity index (χ3n) is 0. The van der Waals surface area contributed by atoms with E-state index in [2.05, 4.69) is 0 Å². The molecule has 0 nitrogen and oxygen atoms in total. The van der Waals surface area contributed by atoms with Crippen molar-refractivity contribution in [3.8, 4) is 0 Å². The van der Waals surface area contributed by atoms with E-state index >= 15 is 0 Å². The van der Waals surface area contributed by atoms with Crippen LogP contribution < -0.4 is 0 Å².